The molecular weight excluding hydrogens is 1000 g/mol. The predicted molar refractivity (Wildman–Crippen MR) is 354 cm³/mol. The Morgan fingerprint density at radius 3 is 1.04 bits per heavy atom. The maximum Gasteiger partial charge on any atom is 0.0468 e. The molecule has 2 nitrogen and oxygen atoms in total. The van der Waals surface area contributed by atoms with Gasteiger partial charge in [0, 0.05) is 55.8 Å². The van der Waals surface area contributed by atoms with Gasteiger partial charge < -0.3 is 9.80 Å². The van der Waals surface area contributed by atoms with Gasteiger partial charge in [-0.3, -0.25) is 0 Å². The van der Waals surface area contributed by atoms with Crippen LogP contribution in [0.25, 0.3) is 71.6 Å². The minimum Gasteiger partial charge on any atom is -0.310 e. The lowest BCUT2D eigenvalue weighted by Crippen LogP contribution is -2.18. The van der Waals surface area contributed by atoms with E-state index in [-0.39, 0.29) is 27.1 Å². The zero-order chi connectivity index (χ0) is 57.4. The molecule has 0 aromatic heterocycles. The van der Waals surface area contributed by atoms with E-state index >= 15 is 0 Å². The van der Waals surface area contributed by atoms with Crippen molar-refractivity contribution in [3.8, 4) is 44.5 Å². The summed E-state index contributed by atoms with van der Waals surface area (Å²) < 4.78 is 0. The number of hydrogen-bond donors (Lipinski definition) is 0. The second-order valence-corrected chi connectivity index (χ2v) is 27.5. The van der Waals surface area contributed by atoms with Crippen molar-refractivity contribution in [3.05, 3.63) is 268 Å². The molecule has 0 bridgehead atoms. The van der Waals surface area contributed by atoms with Crippen LogP contribution in [0, 0.1) is 0 Å². The van der Waals surface area contributed by atoms with Crippen LogP contribution in [0.15, 0.2) is 213 Å². The van der Waals surface area contributed by atoms with Crippen LogP contribution in [-0.4, -0.2) is 0 Å². The van der Waals surface area contributed by atoms with E-state index in [1.807, 2.05) is 0 Å². The molecule has 4 aliphatic carbocycles. The molecule has 0 fully saturated rings. The Hall–Kier alpha value is -8.72. The lowest BCUT2D eigenvalue weighted by Gasteiger charge is -2.31. The van der Waals surface area contributed by atoms with Crippen molar-refractivity contribution in [2.24, 2.45) is 0 Å². The van der Waals surface area contributed by atoms with Crippen molar-refractivity contribution < 1.29 is 0 Å². The molecule has 0 aliphatic heterocycles. The molecule has 0 amide bonds. The van der Waals surface area contributed by atoms with E-state index in [1.165, 1.54) is 122 Å². The Morgan fingerprint density at radius 2 is 0.627 bits per heavy atom. The summed E-state index contributed by atoms with van der Waals surface area (Å²) in [5, 5.41) is 4.93. The van der Waals surface area contributed by atoms with Crippen LogP contribution in [0.2, 0.25) is 0 Å². The molecule has 0 heterocycles. The molecule has 0 saturated carbocycles. The van der Waals surface area contributed by atoms with E-state index in [0.29, 0.717) is 0 Å². The Bertz CT molecular complexity index is 4610. The molecule has 83 heavy (non-hydrogen) atoms. The van der Waals surface area contributed by atoms with Gasteiger partial charge in [0.15, 0.2) is 0 Å². The summed E-state index contributed by atoms with van der Waals surface area (Å²) in [5.74, 6) is 0. The number of allylic oxidation sites excluding steroid dienone is 1. The van der Waals surface area contributed by atoms with Crippen molar-refractivity contribution in [2.75, 3.05) is 9.80 Å². The number of benzene rings is 11. The fourth-order valence-electron chi connectivity index (χ4n) is 15.9. The first kappa shape index (κ1) is 51.2. The van der Waals surface area contributed by atoms with E-state index in [0.717, 1.165) is 39.7 Å². The topological polar surface area (TPSA) is 6.48 Å². The Balaban J connectivity index is 0.866. The molecule has 11 aromatic carbocycles. The van der Waals surface area contributed by atoms with E-state index in [1.54, 1.807) is 0 Å². The van der Waals surface area contributed by atoms with Gasteiger partial charge in [-0.05, 0) is 237 Å². The minimum atomic E-state index is -0.211. The molecule has 0 radical (unpaired) electrons. The first-order chi connectivity index (χ1) is 39.7. The summed E-state index contributed by atoms with van der Waals surface area (Å²) in [4.78, 5) is 4.93. The number of rotatable bonds is 7. The second kappa shape index (κ2) is 17.4. The highest BCUT2D eigenvalue weighted by Gasteiger charge is 2.44. The molecule has 0 N–H and O–H groups in total. The standard InChI is InChI=1S/C81H72N2/c1-48(2)75-59-38-34-52(83(50-26-18-15-19-27-50)54-33-37-58-64-47-72-62(45-74(64)81(12,13)70(58)43-54)56-29-21-23-31-68(56)79(72,8)9)41-66(59)76(77(3,4)5)60-39-35-51(40-65(60)75)82(49-24-16-14-17-25-49)53-32-36-57-63-46-71-61(44-73(63)80(10,11)69(57)42-53)55-28-20-22-30-67(55)78(71,6)7/h14-47H,1H2,2-13H3. The molecule has 0 atom stereocenters. The average Bonchev–Trinajstić information content (AvgIpc) is 4.06. The van der Waals surface area contributed by atoms with Gasteiger partial charge in [-0.2, -0.15) is 0 Å². The van der Waals surface area contributed by atoms with Crippen molar-refractivity contribution in [1.82, 2.24) is 0 Å². The van der Waals surface area contributed by atoms with Gasteiger partial charge in [0.05, 0.1) is 0 Å². The van der Waals surface area contributed by atoms with Crippen LogP contribution >= 0.6 is 0 Å². The summed E-state index contributed by atoms with van der Waals surface area (Å²) >= 11 is 0. The Morgan fingerprint density at radius 1 is 0.301 bits per heavy atom. The van der Waals surface area contributed by atoms with Crippen LogP contribution in [0.1, 0.15) is 139 Å². The largest absolute Gasteiger partial charge is 0.310 e. The molecule has 0 saturated heterocycles. The fraction of sp³-hybridized carbons (Fsp3) is 0.210. The fourth-order valence-corrected chi connectivity index (χ4v) is 15.9. The van der Waals surface area contributed by atoms with Crippen LogP contribution in [-0.2, 0) is 27.1 Å². The Labute approximate surface area is 491 Å². The van der Waals surface area contributed by atoms with E-state index in [2.05, 4.69) is 299 Å². The van der Waals surface area contributed by atoms with Gasteiger partial charge in [0.1, 0.15) is 0 Å². The summed E-state index contributed by atoms with van der Waals surface area (Å²) in [6.45, 7) is 33.3. The molecule has 0 spiro atoms. The normalized spacial score (nSPS) is 15.7. The van der Waals surface area contributed by atoms with E-state index < -0.39 is 0 Å². The highest BCUT2D eigenvalue weighted by atomic mass is 15.1. The molecule has 4 aliphatic rings. The highest BCUT2D eigenvalue weighted by molar-refractivity contribution is 6.14. The SMILES string of the molecule is C=C(C)c1c2cc(N(c3ccccc3)c3ccc4c(c3)C(C)(C)c3cc5c(cc3-4)C(C)(C)c3ccccc3-5)ccc2c(C(C)(C)C)c2cc(N(c3ccccc3)c3ccc4c(c3)C(C)(C)c3cc5c(cc3-4)C(C)(C)c3ccccc3-5)ccc12. The maximum absolute atomic E-state index is 4.76. The van der Waals surface area contributed by atoms with Gasteiger partial charge in [0.2, 0.25) is 0 Å². The predicted octanol–water partition coefficient (Wildman–Crippen LogP) is 22.5. The summed E-state index contributed by atoms with van der Waals surface area (Å²) in [7, 11) is 0. The number of para-hydroxylation sites is 2. The van der Waals surface area contributed by atoms with Crippen LogP contribution in [0.4, 0.5) is 34.1 Å². The third-order valence-electron chi connectivity index (χ3n) is 20.0. The van der Waals surface area contributed by atoms with Crippen molar-refractivity contribution in [1.29, 1.82) is 0 Å². The smallest absolute Gasteiger partial charge is 0.0468 e. The van der Waals surface area contributed by atoms with Gasteiger partial charge >= 0.3 is 0 Å². The number of nitrogens with zero attached hydrogens (tertiary/aromatic N) is 2. The summed E-state index contributed by atoms with van der Waals surface area (Å²) in [6, 6.07) is 78.8. The first-order valence-electron chi connectivity index (χ1n) is 29.9. The number of anilines is 6. The molecule has 0 unspecified atom stereocenters. The summed E-state index contributed by atoms with van der Waals surface area (Å²) in [6.07, 6.45) is 0. The first-order valence-corrected chi connectivity index (χ1v) is 29.9. The molecule has 2 heteroatoms. The lowest BCUT2D eigenvalue weighted by molar-refractivity contribution is 0.601. The third kappa shape index (κ3) is 7.21. The van der Waals surface area contributed by atoms with Crippen molar-refractivity contribution in [3.63, 3.8) is 0 Å². The highest BCUT2D eigenvalue weighted by Crippen LogP contribution is 2.59. The molecule has 11 aromatic rings. The van der Waals surface area contributed by atoms with Crippen LogP contribution in [0.3, 0.4) is 0 Å². The zero-order valence-corrected chi connectivity index (χ0v) is 50.2. The number of fused-ring (bicyclic) bond motifs is 14. The summed E-state index contributed by atoms with van der Waals surface area (Å²) in [5.41, 5.74) is 31.6. The van der Waals surface area contributed by atoms with Crippen LogP contribution in [0.5, 0.6) is 0 Å². The van der Waals surface area contributed by atoms with Gasteiger partial charge in [0.25, 0.3) is 0 Å². The molecular formula is C81H72N2. The number of hydrogen-bond acceptors (Lipinski definition) is 2. The van der Waals surface area contributed by atoms with Gasteiger partial charge in [-0.1, -0.05) is 192 Å². The Kier molecular flexibility index (Phi) is 10.7. The van der Waals surface area contributed by atoms with Crippen LogP contribution < -0.4 is 9.80 Å². The van der Waals surface area contributed by atoms with Crippen molar-refractivity contribution >= 4 is 61.2 Å². The van der Waals surface area contributed by atoms with Crippen molar-refractivity contribution in [2.45, 2.75) is 110 Å². The average molecular weight is 1070 g/mol. The van der Waals surface area contributed by atoms with E-state index in [4.69, 9.17) is 6.58 Å². The lowest BCUT2D eigenvalue weighted by atomic mass is 9.77. The third-order valence-corrected chi connectivity index (χ3v) is 20.0. The minimum absolute atomic E-state index is 0.0674. The maximum atomic E-state index is 4.76. The van der Waals surface area contributed by atoms with Gasteiger partial charge in [-0.25, -0.2) is 0 Å². The zero-order valence-electron chi connectivity index (χ0n) is 50.2. The van der Waals surface area contributed by atoms with E-state index in [9.17, 15) is 0 Å². The quantitative estimate of drug-likeness (QED) is 0.147. The van der Waals surface area contributed by atoms with Gasteiger partial charge in [-0.15, -0.1) is 0 Å². The molecule has 15 rings (SSSR count). The second-order valence-electron chi connectivity index (χ2n) is 27.5. The monoisotopic (exact) mass is 1070 g/mol. The molecule has 406 valence electrons.